The molecule has 0 unspecified atom stereocenters. The first-order valence-corrected chi connectivity index (χ1v) is 3.30. The van der Waals surface area contributed by atoms with Crippen molar-refractivity contribution in [2.24, 2.45) is 7.05 Å². The zero-order chi connectivity index (χ0) is 6.97. The molecule has 1 aromatic heterocycles. The van der Waals surface area contributed by atoms with Crippen molar-refractivity contribution in [3.8, 4) is 0 Å². The second kappa shape index (κ2) is 1.87. The molecule has 2 aromatic rings. The Bertz CT molecular complexity index is 346. The van der Waals surface area contributed by atoms with E-state index in [1.54, 1.807) is 0 Å². The number of rotatable bonds is 0. The summed E-state index contributed by atoms with van der Waals surface area (Å²) in [6.07, 6.45) is 3.09. The van der Waals surface area contributed by atoms with E-state index in [-0.39, 0.29) is 0 Å². The third-order valence-electron chi connectivity index (χ3n) is 1.71. The predicted molar refractivity (Wildman–Crippen MR) is 41.8 cm³/mol. The SMILES string of the molecule is Cn1[c-]cc2ccccc21. The van der Waals surface area contributed by atoms with E-state index >= 15 is 0 Å². The van der Waals surface area contributed by atoms with Crippen LogP contribution in [0.25, 0.3) is 10.9 Å². The summed E-state index contributed by atoms with van der Waals surface area (Å²) in [5.74, 6) is 0. The van der Waals surface area contributed by atoms with Gasteiger partial charge in [0, 0.05) is 0 Å². The molecule has 0 aliphatic rings. The first-order valence-electron chi connectivity index (χ1n) is 3.30. The van der Waals surface area contributed by atoms with E-state index < -0.39 is 0 Å². The van der Waals surface area contributed by atoms with Gasteiger partial charge in [-0.2, -0.15) is 11.5 Å². The molecule has 0 aliphatic carbocycles. The van der Waals surface area contributed by atoms with Crippen LogP contribution < -0.4 is 0 Å². The van der Waals surface area contributed by atoms with E-state index in [0.717, 1.165) is 0 Å². The monoisotopic (exact) mass is 130 g/mol. The van der Waals surface area contributed by atoms with Crippen molar-refractivity contribution in [1.82, 2.24) is 4.57 Å². The summed E-state index contributed by atoms with van der Waals surface area (Å²) in [6, 6.07) is 10.2. The van der Waals surface area contributed by atoms with Gasteiger partial charge in [-0.25, -0.2) is 0 Å². The summed E-state index contributed by atoms with van der Waals surface area (Å²) in [4.78, 5) is 0. The Morgan fingerprint density at radius 2 is 2.10 bits per heavy atom. The van der Waals surface area contributed by atoms with Gasteiger partial charge in [0.1, 0.15) is 0 Å². The molecule has 0 saturated carbocycles. The van der Waals surface area contributed by atoms with Crippen LogP contribution in [0, 0.1) is 6.20 Å². The topological polar surface area (TPSA) is 4.93 Å². The molecule has 0 bridgehead atoms. The maximum atomic E-state index is 3.09. The average molecular weight is 130 g/mol. The Kier molecular flexibility index (Phi) is 1.04. The molecule has 0 fully saturated rings. The molecule has 0 N–H and O–H groups in total. The third kappa shape index (κ3) is 0.637. The van der Waals surface area contributed by atoms with Crippen LogP contribution >= 0.6 is 0 Å². The molecule has 0 spiro atoms. The smallest absolute Gasteiger partial charge is 0.0139 e. The van der Waals surface area contributed by atoms with Gasteiger partial charge in [-0.15, -0.1) is 23.8 Å². The largest absolute Gasteiger partial charge is 0.466 e. The van der Waals surface area contributed by atoms with Crippen LogP contribution in [0.1, 0.15) is 0 Å². The molecule has 1 heteroatoms. The fourth-order valence-electron chi connectivity index (χ4n) is 1.15. The summed E-state index contributed by atoms with van der Waals surface area (Å²) in [6.45, 7) is 0. The van der Waals surface area contributed by atoms with E-state index in [1.807, 2.05) is 29.8 Å². The van der Waals surface area contributed by atoms with Crippen molar-refractivity contribution in [3.05, 3.63) is 36.5 Å². The van der Waals surface area contributed by atoms with Crippen LogP contribution in [0.2, 0.25) is 0 Å². The summed E-state index contributed by atoms with van der Waals surface area (Å²) in [5.41, 5.74) is 1.24. The van der Waals surface area contributed by atoms with Crippen molar-refractivity contribution in [2.75, 3.05) is 0 Å². The summed E-state index contributed by atoms with van der Waals surface area (Å²) in [5, 5.41) is 1.25. The van der Waals surface area contributed by atoms with Crippen LogP contribution in [-0.4, -0.2) is 4.57 Å². The van der Waals surface area contributed by atoms with Crippen LogP contribution in [0.5, 0.6) is 0 Å². The van der Waals surface area contributed by atoms with Gasteiger partial charge in [0.05, 0.1) is 0 Å². The standard InChI is InChI=1S/C9H8N/c1-10-7-6-8-4-2-3-5-9(8)10/h2-6H,1H3/q-1. The molecule has 0 aliphatic heterocycles. The first kappa shape index (κ1) is 5.54. The quantitative estimate of drug-likeness (QED) is 0.480. The van der Waals surface area contributed by atoms with E-state index in [4.69, 9.17) is 0 Å². The number of fused-ring (bicyclic) bond motifs is 1. The maximum absolute atomic E-state index is 3.09. The van der Waals surface area contributed by atoms with Crippen molar-refractivity contribution in [1.29, 1.82) is 0 Å². The van der Waals surface area contributed by atoms with Gasteiger partial charge in [-0.1, -0.05) is 12.1 Å². The van der Waals surface area contributed by atoms with Gasteiger partial charge >= 0.3 is 0 Å². The Balaban J connectivity index is 2.93. The molecule has 0 amide bonds. The molecule has 0 radical (unpaired) electrons. The van der Waals surface area contributed by atoms with Crippen molar-refractivity contribution < 1.29 is 0 Å². The van der Waals surface area contributed by atoms with Gasteiger partial charge in [0.2, 0.25) is 0 Å². The number of aryl methyl sites for hydroxylation is 1. The van der Waals surface area contributed by atoms with Crippen molar-refractivity contribution in [2.45, 2.75) is 0 Å². The summed E-state index contributed by atoms with van der Waals surface area (Å²) < 4.78 is 2.00. The minimum Gasteiger partial charge on any atom is -0.466 e. The molecule has 0 atom stereocenters. The molecule has 2 rings (SSSR count). The third-order valence-corrected chi connectivity index (χ3v) is 1.71. The fourth-order valence-corrected chi connectivity index (χ4v) is 1.15. The Morgan fingerprint density at radius 1 is 1.30 bits per heavy atom. The lowest BCUT2D eigenvalue weighted by Gasteiger charge is -2.03. The van der Waals surface area contributed by atoms with E-state index in [9.17, 15) is 0 Å². The first-order chi connectivity index (χ1) is 4.88. The molecule has 1 nitrogen and oxygen atoms in total. The van der Waals surface area contributed by atoms with Crippen LogP contribution in [0.4, 0.5) is 0 Å². The molecule has 50 valence electrons. The Hall–Kier alpha value is -1.24. The van der Waals surface area contributed by atoms with Gasteiger partial charge < -0.3 is 4.57 Å². The fraction of sp³-hybridized carbons (Fsp3) is 0.111. The van der Waals surface area contributed by atoms with Crippen molar-refractivity contribution in [3.63, 3.8) is 0 Å². The highest BCUT2D eigenvalue weighted by atomic mass is 14.9. The number of nitrogens with zero attached hydrogens (tertiary/aromatic N) is 1. The lowest BCUT2D eigenvalue weighted by atomic mass is 10.2. The molecule has 1 heterocycles. The molecule has 10 heavy (non-hydrogen) atoms. The van der Waals surface area contributed by atoms with Gasteiger partial charge in [-0.3, -0.25) is 0 Å². The number of aromatic nitrogens is 1. The minimum absolute atomic E-state index is 1.24. The number of hydrogen-bond acceptors (Lipinski definition) is 0. The maximum Gasteiger partial charge on any atom is -0.0139 e. The van der Waals surface area contributed by atoms with E-state index in [2.05, 4.69) is 18.3 Å². The van der Waals surface area contributed by atoms with Crippen LogP contribution in [0.15, 0.2) is 30.3 Å². The minimum atomic E-state index is 1.24. The second-order valence-electron chi connectivity index (χ2n) is 2.39. The zero-order valence-electron chi connectivity index (χ0n) is 5.83. The lowest BCUT2D eigenvalue weighted by Crippen LogP contribution is -1.82. The zero-order valence-corrected chi connectivity index (χ0v) is 5.83. The van der Waals surface area contributed by atoms with Crippen LogP contribution in [0.3, 0.4) is 0 Å². The average Bonchev–Trinajstić information content (AvgIpc) is 2.34. The molecular weight excluding hydrogens is 122 g/mol. The summed E-state index contributed by atoms with van der Waals surface area (Å²) in [7, 11) is 2.00. The second-order valence-corrected chi connectivity index (χ2v) is 2.39. The molecule has 1 aromatic carbocycles. The normalized spacial score (nSPS) is 10.5. The molecule has 0 saturated heterocycles. The van der Waals surface area contributed by atoms with E-state index in [1.165, 1.54) is 10.9 Å². The van der Waals surface area contributed by atoms with Gasteiger partial charge in [0.25, 0.3) is 0 Å². The predicted octanol–water partition coefficient (Wildman–Crippen LogP) is 1.98. The van der Waals surface area contributed by atoms with Gasteiger partial charge in [0.15, 0.2) is 0 Å². The van der Waals surface area contributed by atoms with Gasteiger partial charge in [-0.05, 0) is 7.05 Å². The number of para-hydroxylation sites is 1. The lowest BCUT2D eigenvalue weighted by molar-refractivity contribution is 0.960. The van der Waals surface area contributed by atoms with Crippen LogP contribution in [-0.2, 0) is 7.05 Å². The number of benzene rings is 1. The Morgan fingerprint density at radius 3 is 2.90 bits per heavy atom. The molecular formula is C9H8N-. The Labute approximate surface area is 59.9 Å². The van der Waals surface area contributed by atoms with E-state index in [0.29, 0.717) is 0 Å². The number of hydrogen-bond donors (Lipinski definition) is 0. The summed E-state index contributed by atoms with van der Waals surface area (Å²) >= 11 is 0. The highest BCUT2D eigenvalue weighted by molar-refractivity contribution is 5.79. The highest BCUT2D eigenvalue weighted by Crippen LogP contribution is 2.11. The highest BCUT2D eigenvalue weighted by Gasteiger charge is 1.80. The van der Waals surface area contributed by atoms with Crippen molar-refractivity contribution >= 4 is 10.9 Å².